The van der Waals surface area contributed by atoms with E-state index in [2.05, 4.69) is 4.98 Å². The first-order valence-electron chi connectivity index (χ1n) is 4.66. The van der Waals surface area contributed by atoms with Crippen LogP contribution in [0.15, 0.2) is 30.5 Å². The summed E-state index contributed by atoms with van der Waals surface area (Å²) in [5.74, 6) is -0.348. The van der Waals surface area contributed by atoms with Gasteiger partial charge in [-0.3, -0.25) is 4.98 Å². The highest BCUT2D eigenvalue weighted by atomic mass is 16.5. The van der Waals surface area contributed by atoms with E-state index < -0.39 is 0 Å². The average Bonchev–Trinajstić information content (AvgIpc) is 2.29. The molecule has 0 N–H and O–H groups in total. The molecule has 0 saturated heterocycles. The summed E-state index contributed by atoms with van der Waals surface area (Å²) in [4.78, 5) is 15.7. The lowest BCUT2D eigenvalue weighted by molar-refractivity contribution is 0.0602. The highest BCUT2D eigenvalue weighted by molar-refractivity contribution is 6.04. The molecule has 0 atom stereocenters. The molecule has 1 heterocycles. The van der Waals surface area contributed by atoms with Gasteiger partial charge in [0.15, 0.2) is 0 Å². The molecule has 0 bridgehead atoms. The van der Waals surface area contributed by atoms with Crippen molar-refractivity contribution in [3.8, 4) is 0 Å². The molecule has 0 fully saturated rings. The Balaban J connectivity index is 2.77. The zero-order valence-electron chi connectivity index (χ0n) is 8.65. The predicted molar refractivity (Wildman–Crippen MR) is 57.8 cm³/mol. The average molecular weight is 201 g/mol. The summed E-state index contributed by atoms with van der Waals surface area (Å²) >= 11 is 0. The van der Waals surface area contributed by atoms with Crippen molar-refractivity contribution < 1.29 is 9.53 Å². The highest BCUT2D eigenvalue weighted by Gasteiger charge is 2.11. The fourth-order valence-corrected chi connectivity index (χ4v) is 1.61. The van der Waals surface area contributed by atoms with E-state index in [9.17, 15) is 4.79 Å². The van der Waals surface area contributed by atoms with Crippen molar-refractivity contribution in [1.29, 1.82) is 0 Å². The summed E-state index contributed by atoms with van der Waals surface area (Å²) < 4.78 is 4.71. The molecule has 3 heteroatoms. The van der Waals surface area contributed by atoms with Gasteiger partial charge in [-0.15, -0.1) is 0 Å². The van der Waals surface area contributed by atoms with E-state index in [0.29, 0.717) is 5.56 Å². The van der Waals surface area contributed by atoms with Crippen molar-refractivity contribution in [2.45, 2.75) is 6.92 Å². The Morgan fingerprint density at radius 1 is 1.27 bits per heavy atom. The van der Waals surface area contributed by atoms with Crippen LogP contribution in [0.25, 0.3) is 10.8 Å². The lowest BCUT2D eigenvalue weighted by atomic mass is 10.1. The summed E-state index contributed by atoms with van der Waals surface area (Å²) in [7, 11) is 1.37. The first kappa shape index (κ1) is 9.65. The van der Waals surface area contributed by atoms with E-state index in [1.54, 1.807) is 6.20 Å². The fourth-order valence-electron chi connectivity index (χ4n) is 1.61. The van der Waals surface area contributed by atoms with Gasteiger partial charge in [-0.1, -0.05) is 24.3 Å². The second kappa shape index (κ2) is 3.69. The van der Waals surface area contributed by atoms with E-state index in [4.69, 9.17) is 4.74 Å². The Morgan fingerprint density at radius 2 is 1.93 bits per heavy atom. The Labute approximate surface area is 87.7 Å². The topological polar surface area (TPSA) is 39.2 Å². The molecule has 1 aromatic heterocycles. The number of aryl methyl sites for hydroxylation is 1. The van der Waals surface area contributed by atoms with Crippen LogP contribution in [0.1, 0.15) is 16.1 Å². The molecule has 2 rings (SSSR count). The maximum Gasteiger partial charge on any atom is 0.340 e. The number of carbonyl (C=O) groups is 1. The summed E-state index contributed by atoms with van der Waals surface area (Å²) in [5.41, 5.74) is 1.43. The minimum absolute atomic E-state index is 0.348. The fraction of sp³-hybridized carbons (Fsp3) is 0.167. The van der Waals surface area contributed by atoms with Crippen LogP contribution >= 0.6 is 0 Å². The van der Waals surface area contributed by atoms with Gasteiger partial charge in [-0.2, -0.15) is 0 Å². The first-order valence-corrected chi connectivity index (χ1v) is 4.66. The largest absolute Gasteiger partial charge is 0.465 e. The Hall–Kier alpha value is -1.90. The molecule has 15 heavy (non-hydrogen) atoms. The standard InChI is InChI=1S/C12H11NO2/c1-8-9-5-3-4-6-10(9)11(7-13-8)12(14)15-2/h3-7H,1-2H3. The number of nitrogens with zero attached hydrogens (tertiary/aromatic N) is 1. The third kappa shape index (κ3) is 1.56. The van der Waals surface area contributed by atoms with Crippen LogP contribution in [0.2, 0.25) is 0 Å². The molecule has 3 nitrogen and oxygen atoms in total. The van der Waals surface area contributed by atoms with E-state index in [1.165, 1.54) is 7.11 Å². The second-order valence-electron chi connectivity index (χ2n) is 3.29. The monoisotopic (exact) mass is 201 g/mol. The number of rotatable bonds is 1. The van der Waals surface area contributed by atoms with E-state index in [0.717, 1.165) is 16.5 Å². The quantitative estimate of drug-likeness (QED) is 0.665. The molecule has 1 aromatic carbocycles. The van der Waals surface area contributed by atoms with E-state index in [-0.39, 0.29) is 5.97 Å². The van der Waals surface area contributed by atoms with Crippen LogP contribution in [-0.4, -0.2) is 18.1 Å². The van der Waals surface area contributed by atoms with Crippen LogP contribution in [-0.2, 0) is 4.74 Å². The Kier molecular flexibility index (Phi) is 2.37. The molecular formula is C12H11NO2. The van der Waals surface area contributed by atoms with Gasteiger partial charge in [-0.05, 0) is 12.3 Å². The van der Waals surface area contributed by atoms with Gasteiger partial charge in [0.25, 0.3) is 0 Å². The molecule has 0 aliphatic carbocycles. The number of hydrogen-bond acceptors (Lipinski definition) is 3. The molecule has 0 aliphatic heterocycles. The molecular weight excluding hydrogens is 190 g/mol. The number of hydrogen-bond donors (Lipinski definition) is 0. The lowest BCUT2D eigenvalue weighted by Crippen LogP contribution is -2.03. The van der Waals surface area contributed by atoms with E-state index in [1.807, 2.05) is 31.2 Å². The van der Waals surface area contributed by atoms with Crippen LogP contribution < -0.4 is 0 Å². The third-order valence-electron chi connectivity index (χ3n) is 2.40. The number of benzene rings is 1. The minimum atomic E-state index is -0.348. The third-order valence-corrected chi connectivity index (χ3v) is 2.40. The highest BCUT2D eigenvalue weighted by Crippen LogP contribution is 2.20. The van der Waals surface area contributed by atoms with Gasteiger partial charge in [0.2, 0.25) is 0 Å². The Bertz CT molecular complexity index is 520. The van der Waals surface area contributed by atoms with Crippen molar-refractivity contribution in [2.75, 3.05) is 7.11 Å². The molecule has 0 unspecified atom stereocenters. The van der Waals surface area contributed by atoms with Gasteiger partial charge in [0, 0.05) is 17.3 Å². The number of ether oxygens (including phenoxy) is 1. The molecule has 0 aliphatic rings. The minimum Gasteiger partial charge on any atom is -0.465 e. The Morgan fingerprint density at radius 3 is 2.60 bits per heavy atom. The summed E-state index contributed by atoms with van der Waals surface area (Å²) in [6.45, 7) is 1.92. The van der Waals surface area contributed by atoms with Crippen molar-refractivity contribution >= 4 is 16.7 Å². The van der Waals surface area contributed by atoms with Crippen molar-refractivity contribution in [3.63, 3.8) is 0 Å². The van der Waals surface area contributed by atoms with Gasteiger partial charge < -0.3 is 4.74 Å². The smallest absolute Gasteiger partial charge is 0.340 e. The first-order chi connectivity index (χ1) is 7.24. The maximum absolute atomic E-state index is 11.5. The van der Waals surface area contributed by atoms with Gasteiger partial charge >= 0.3 is 5.97 Å². The summed E-state index contributed by atoms with van der Waals surface area (Å²) in [5, 5.41) is 1.87. The number of carbonyl (C=O) groups excluding carboxylic acids is 1. The van der Waals surface area contributed by atoms with Crippen LogP contribution in [0.4, 0.5) is 0 Å². The SMILES string of the molecule is COC(=O)c1cnc(C)c2ccccc12. The number of methoxy groups -OCH3 is 1. The zero-order valence-corrected chi connectivity index (χ0v) is 8.65. The van der Waals surface area contributed by atoms with E-state index >= 15 is 0 Å². The number of fused-ring (bicyclic) bond motifs is 1. The maximum atomic E-state index is 11.5. The molecule has 0 saturated carbocycles. The number of aromatic nitrogens is 1. The predicted octanol–water partition coefficient (Wildman–Crippen LogP) is 2.33. The molecule has 0 radical (unpaired) electrons. The molecule has 0 amide bonds. The summed E-state index contributed by atoms with van der Waals surface area (Å²) in [6.07, 6.45) is 1.56. The van der Waals surface area contributed by atoms with Gasteiger partial charge in [0.1, 0.15) is 0 Å². The molecule has 76 valence electrons. The van der Waals surface area contributed by atoms with Crippen LogP contribution in [0.3, 0.4) is 0 Å². The zero-order chi connectivity index (χ0) is 10.8. The van der Waals surface area contributed by atoms with Crippen LogP contribution in [0.5, 0.6) is 0 Å². The van der Waals surface area contributed by atoms with Crippen molar-refractivity contribution in [3.05, 3.63) is 41.7 Å². The molecule has 0 spiro atoms. The van der Waals surface area contributed by atoms with Gasteiger partial charge in [-0.25, -0.2) is 4.79 Å². The summed E-state index contributed by atoms with van der Waals surface area (Å²) in [6, 6.07) is 7.67. The van der Waals surface area contributed by atoms with Crippen LogP contribution in [0, 0.1) is 6.92 Å². The van der Waals surface area contributed by atoms with Gasteiger partial charge in [0.05, 0.1) is 12.7 Å². The van der Waals surface area contributed by atoms with Crippen molar-refractivity contribution in [1.82, 2.24) is 4.98 Å². The lowest BCUT2D eigenvalue weighted by Gasteiger charge is -2.05. The number of pyridine rings is 1. The second-order valence-corrected chi connectivity index (χ2v) is 3.29. The number of esters is 1. The van der Waals surface area contributed by atoms with Crippen molar-refractivity contribution in [2.24, 2.45) is 0 Å². The normalized spacial score (nSPS) is 10.3. The molecule has 2 aromatic rings.